The molecule has 1 aromatic heterocycles. The first-order valence-corrected chi connectivity index (χ1v) is 11.1. The maximum atomic E-state index is 13.4. The van der Waals surface area contributed by atoms with Crippen LogP contribution < -0.4 is 5.32 Å². The number of benzene rings is 2. The van der Waals surface area contributed by atoms with Crippen LogP contribution in [0.25, 0.3) is 5.69 Å². The molecule has 3 aromatic rings. The van der Waals surface area contributed by atoms with Gasteiger partial charge in [0.05, 0.1) is 22.5 Å². The molecule has 0 bridgehead atoms. The van der Waals surface area contributed by atoms with Crippen LogP contribution in [0.15, 0.2) is 41.6 Å². The molecule has 0 aliphatic heterocycles. The van der Waals surface area contributed by atoms with Gasteiger partial charge in [-0.2, -0.15) is 0 Å². The third-order valence-corrected chi connectivity index (χ3v) is 6.15. The van der Waals surface area contributed by atoms with E-state index in [1.54, 1.807) is 12.1 Å². The second kappa shape index (κ2) is 9.80. The molecule has 0 aliphatic rings. The van der Waals surface area contributed by atoms with Gasteiger partial charge in [-0.1, -0.05) is 29.4 Å². The van der Waals surface area contributed by atoms with Gasteiger partial charge in [-0.3, -0.25) is 14.3 Å². The van der Waals surface area contributed by atoms with E-state index in [1.165, 1.54) is 23.9 Å². The number of anilines is 1. The maximum absolute atomic E-state index is 13.4. The first-order valence-electron chi connectivity index (χ1n) is 9.74. The summed E-state index contributed by atoms with van der Waals surface area (Å²) < 4.78 is 15.3. The standard InChI is InChI=1S/C22H25ClFN5OS/c1-13-10-14(2)20(18(23)11-13)25-19(30)12-31-22-27-26-21(15(3)28(4)5)29(22)17-8-6-16(24)7-9-17/h6-11,15H,12H2,1-5H3,(H,25,30)/t15-/m1/s1. The van der Waals surface area contributed by atoms with Crippen LogP contribution in [0.2, 0.25) is 5.02 Å². The summed E-state index contributed by atoms with van der Waals surface area (Å²) in [6.45, 7) is 5.87. The summed E-state index contributed by atoms with van der Waals surface area (Å²) in [5, 5.41) is 12.6. The highest BCUT2D eigenvalue weighted by atomic mass is 35.5. The molecule has 0 saturated carbocycles. The Kier molecular flexibility index (Phi) is 7.35. The number of nitrogens with zero attached hydrogens (tertiary/aromatic N) is 4. The van der Waals surface area contributed by atoms with Gasteiger partial charge in [0, 0.05) is 5.69 Å². The SMILES string of the molecule is Cc1cc(C)c(NC(=O)CSc2nnc([C@@H](C)N(C)C)n2-c2ccc(F)cc2)c(Cl)c1. The summed E-state index contributed by atoms with van der Waals surface area (Å²) in [6.07, 6.45) is 0. The Morgan fingerprint density at radius 3 is 2.52 bits per heavy atom. The number of carbonyl (C=O) groups excluding carboxylic acids is 1. The summed E-state index contributed by atoms with van der Waals surface area (Å²) in [4.78, 5) is 14.6. The van der Waals surface area contributed by atoms with Gasteiger partial charge in [0.1, 0.15) is 5.82 Å². The van der Waals surface area contributed by atoms with E-state index in [0.29, 0.717) is 21.7 Å². The van der Waals surface area contributed by atoms with Crippen molar-refractivity contribution in [2.24, 2.45) is 0 Å². The molecule has 1 amide bonds. The minimum Gasteiger partial charge on any atom is -0.324 e. The van der Waals surface area contributed by atoms with Gasteiger partial charge in [-0.25, -0.2) is 4.39 Å². The number of halogens is 2. The molecule has 6 nitrogen and oxygen atoms in total. The van der Waals surface area contributed by atoms with Gasteiger partial charge in [0.2, 0.25) is 5.91 Å². The lowest BCUT2D eigenvalue weighted by atomic mass is 10.1. The molecular formula is C22H25ClFN5OS. The Bertz CT molecular complexity index is 1060. The Balaban J connectivity index is 1.83. The van der Waals surface area contributed by atoms with Crippen LogP contribution >= 0.6 is 23.4 Å². The number of nitrogens with one attached hydrogen (secondary N) is 1. The molecule has 0 spiro atoms. The van der Waals surface area contributed by atoms with Crippen LogP contribution in [0.4, 0.5) is 10.1 Å². The van der Waals surface area contributed by atoms with Crippen LogP contribution in [0.1, 0.15) is 29.9 Å². The van der Waals surface area contributed by atoms with Gasteiger partial charge < -0.3 is 5.32 Å². The molecule has 0 fully saturated rings. The predicted molar refractivity (Wildman–Crippen MR) is 124 cm³/mol. The van der Waals surface area contributed by atoms with E-state index in [2.05, 4.69) is 15.5 Å². The molecule has 9 heteroatoms. The highest BCUT2D eigenvalue weighted by molar-refractivity contribution is 7.99. The zero-order chi connectivity index (χ0) is 22.7. The zero-order valence-electron chi connectivity index (χ0n) is 18.1. The number of aromatic nitrogens is 3. The third-order valence-electron chi connectivity index (χ3n) is 4.92. The number of aryl methyl sites for hydroxylation is 2. The van der Waals surface area contributed by atoms with E-state index >= 15 is 0 Å². The van der Waals surface area contributed by atoms with Crippen molar-refractivity contribution in [3.8, 4) is 5.69 Å². The second-order valence-electron chi connectivity index (χ2n) is 7.57. The van der Waals surface area contributed by atoms with E-state index < -0.39 is 0 Å². The van der Waals surface area contributed by atoms with E-state index in [1.807, 2.05) is 56.5 Å². The van der Waals surface area contributed by atoms with Crippen LogP contribution in [0, 0.1) is 19.7 Å². The van der Waals surface area contributed by atoms with Crippen molar-refractivity contribution < 1.29 is 9.18 Å². The Labute approximate surface area is 190 Å². The quantitative estimate of drug-likeness (QED) is 0.500. The number of thioether (sulfide) groups is 1. The molecule has 0 unspecified atom stereocenters. The summed E-state index contributed by atoms with van der Waals surface area (Å²) in [5.74, 6) is 0.309. The largest absolute Gasteiger partial charge is 0.324 e. The van der Waals surface area contributed by atoms with Crippen LogP contribution in [-0.2, 0) is 4.79 Å². The van der Waals surface area contributed by atoms with E-state index in [-0.39, 0.29) is 23.5 Å². The molecule has 31 heavy (non-hydrogen) atoms. The molecule has 1 atom stereocenters. The van der Waals surface area contributed by atoms with Gasteiger partial charge >= 0.3 is 0 Å². The van der Waals surface area contributed by atoms with Crippen molar-refractivity contribution in [3.63, 3.8) is 0 Å². The molecule has 1 N–H and O–H groups in total. The second-order valence-corrected chi connectivity index (χ2v) is 8.92. The number of hydrogen-bond acceptors (Lipinski definition) is 5. The number of hydrogen-bond donors (Lipinski definition) is 1. The van der Waals surface area contributed by atoms with Crippen molar-refractivity contribution in [1.82, 2.24) is 19.7 Å². The highest BCUT2D eigenvalue weighted by Crippen LogP contribution is 2.29. The predicted octanol–water partition coefficient (Wildman–Crippen LogP) is 5.03. The fourth-order valence-electron chi connectivity index (χ4n) is 3.09. The van der Waals surface area contributed by atoms with Crippen LogP contribution in [0.3, 0.4) is 0 Å². The van der Waals surface area contributed by atoms with Crippen molar-refractivity contribution in [3.05, 3.63) is 64.2 Å². The van der Waals surface area contributed by atoms with Crippen molar-refractivity contribution in [2.75, 3.05) is 25.2 Å². The summed E-state index contributed by atoms with van der Waals surface area (Å²) in [5.41, 5.74) is 3.28. The monoisotopic (exact) mass is 461 g/mol. The van der Waals surface area contributed by atoms with E-state index in [0.717, 1.165) is 16.8 Å². The van der Waals surface area contributed by atoms with Crippen molar-refractivity contribution in [1.29, 1.82) is 0 Å². The van der Waals surface area contributed by atoms with Gasteiger partial charge in [-0.15, -0.1) is 10.2 Å². The molecule has 0 aliphatic carbocycles. The molecule has 0 saturated heterocycles. The fraction of sp³-hybridized carbons (Fsp3) is 0.318. The smallest absolute Gasteiger partial charge is 0.234 e. The first kappa shape index (κ1) is 23.2. The zero-order valence-corrected chi connectivity index (χ0v) is 19.7. The number of carbonyl (C=O) groups is 1. The minimum atomic E-state index is -0.321. The Morgan fingerprint density at radius 2 is 1.90 bits per heavy atom. The summed E-state index contributed by atoms with van der Waals surface area (Å²) in [6, 6.07) is 9.88. The highest BCUT2D eigenvalue weighted by Gasteiger charge is 2.22. The molecule has 2 aromatic carbocycles. The molecule has 164 valence electrons. The average molecular weight is 462 g/mol. The molecular weight excluding hydrogens is 437 g/mol. The minimum absolute atomic E-state index is 0.0326. The molecule has 3 rings (SSSR count). The first-order chi connectivity index (χ1) is 14.7. The van der Waals surface area contributed by atoms with Gasteiger partial charge in [0.25, 0.3) is 0 Å². The number of rotatable bonds is 7. The number of amides is 1. The lowest BCUT2D eigenvalue weighted by Gasteiger charge is -2.20. The fourth-order valence-corrected chi connectivity index (χ4v) is 4.22. The topological polar surface area (TPSA) is 63.1 Å². The maximum Gasteiger partial charge on any atom is 0.234 e. The summed E-state index contributed by atoms with van der Waals surface area (Å²) in [7, 11) is 3.89. The Hall–Kier alpha value is -2.42. The van der Waals surface area contributed by atoms with Crippen molar-refractivity contribution in [2.45, 2.75) is 32.0 Å². The van der Waals surface area contributed by atoms with Gasteiger partial charge in [0.15, 0.2) is 11.0 Å². The molecule has 1 heterocycles. The third kappa shape index (κ3) is 5.44. The average Bonchev–Trinajstić information content (AvgIpc) is 3.12. The molecule has 0 radical (unpaired) electrons. The lowest BCUT2D eigenvalue weighted by Crippen LogP contribution is -2.21. The van der Waals surface area contributed by atoms with Crippen LogP contribution in [0.5, 0.6) is 0 Å². The van der Waals surface area contributed by atoms with Gasteiger partial charge in [-0.05, 0) is 76.3 Å². The lowest BCUT2D eigenvalue weighted by molar-refractivity contribution is -0.113. The summed E-state index contributed by atoms with van der Waals surface area (Å²) >= 11 is 7.56. The Morgan fingerprint density at radius 1 is 1.23 bits per heavy atom. The van der Waals surface area contributed by atoms with Crippen LogP contribution in [-0.4, -0.2) is 45.4 Å². The van der Waals surface area contributed by atoms with E-state index in [4.69, 9.17) is 11.6 Å². The normalized spacial score (nSPS) is 12.3. The van der Waals surface area contributed by atoms with Crippen molar-refractivity contribution >= 4 is 35.0 Å². The van der Waals surface area contributed by atoms with E-state index in [9.17, 15) is 9.18 Å².